The molecule has 1 aliphatic heterocycles. The molecule has 4 aromatic rings. The predicted octanol–water partition coefficient (Wildman–Crippen LogP) is 6.11. The Morgan fingerprint density at radius 1 is 1.03 bits per heavy atom. The summed E-state index contributed by atoms with van der Waals surface area (Å²) in [6, 6.07) is 14.6. The van der Waals surface area contributed by atoms with Crippen LogP contribution in [0.5, 0.6) is 11.5 Å². The number of nitrogens with zero attached hydrogens (tertiary/aromatic N) is 3. The van der Waals surface area contributed by atoms with Crippen LogP contribution in [0, 0.1) is 24.0 Å². The molecule has 0 amide bonds. The third kappa shape index (κ3) is 5.96. The Kier molecular flexibility index (Phi) is 8.62. The van der Waals surface area contributed by atoms with Crippen molar-refractivity contribution in [2.24, 2.45) is 0 Å². The average Bonchev–Trinajstić information content (AvgIpc) is 2.90. The Hall–Kier alpha value is -3.93. The van der Waals surface area contributed by atoms with Crippen LogP contribution in [0.2, 0.25) is 0 Å². The van der Waals surface area contributed by atoms with E-state index in [0.29, 0.717) is 22.8 Å². The lowest BCUT2D eigenvalue weighted by Crippen LogP contribution is -2.35. The van der Waals surface area contributed by atoms with Crippen molar-refractivity contribution in [2.75, 3.05) is 25.5 Å². The van der Waals surface area contributed by atoms with Gasteiger partial charge in [-0.2, -0.15) is 0 Å². The number of rotatable bonds is 7. The third-order valence-electron chi connectivity index (χ3n) is 6.42. The number of terminal acetylenes is 1. The molecule has 196 valence electrons. The van der Waals surface area contributed by atoms with Gasteiger partial charge in [-0.05, 0) is 62.4 Å². The number of likely N-dealkylation sites (tertiary alicyclic amines) is 1. The van der Waals surface area contributed by atoms with Gasteiger partial charge in [-0.15, -0.1) is 18.8 Å². The summed E-state index contributed by atoms with van der Waals surface area (Å²) < 4.78 is 40.0. The summed E-state index contributed by atoms with van der Waals surface area (Å²) in [6.45, 7) is 1.70. The number of aromatic nitrogens is 2. The van der Waals surface area contributed by atoms with Crippen LogP contribution in [-0.2, 0) is 6.61 Å². The van der Waals surface area contributed by atoms with E-state index in [1.54, 1.807) is 18.2 Å². The topological polar surface area (TPSA) is 59.5 Å². The van der Waals surface area contributed by atoms with Gasteiger partial charge in [0, 0.05) is 18.8 Å². The van der Waals surface area contributed by atoms with Crippen LogP contribution in [0.1, 0.15) is 24.0 Å². The Balaban J connectivity index is 0.00000336. The standard InChI is InChI=1S/C29H26F2N4O2.ClH/c1-3-19-16-20(10-11-26(19)36-17-22-23(30)6-4-7-24(22)31)34-29-28-25(32-18-33-29)8-5-9-27(28)37-21-12-14-35(2)15-13-21;/h1,4-11,16,18,21H,12-15,17H2,2H3,(H,32,33,34);1H. The van der Waals surface area contributed by atoms with Crippen LogP contribution in [0.4, 0.5) is 20.3 Å². The van der Waals surface area contributed by atoms with E-state index in [1.165, 1.54) is 24.5 Å². The maximum atomic E-state index is 14.0. The molecule has 0 bridgehead atoms. The number of hydrogen-bond donors (Lipinski definition) is 1. The average molecular weight is 537 g/mol. The number of ether oxygens (including phenoxy) is 2. The van der Waals surface area contributed by atoms with E-state index in [2.05, 4.69) is 33.2 Å². The number of nitrogens with one attached hydrogen (secondary N) is 1. The lowest BCUT2D eigenvalue weighted by Gasteiger charge is -2.29. The summed E-state index contributed by atoms with van der Waals surface area (Å²) in [5.41, 5.74) is 1.71. The highest BCUT2D eigenvalue weighted by Crippen LogP contribution is 2.34. The van der Waals surface area contributed by atoms with Crippen molar-refractivity contribution in [3.8, 4) is 23.8 Å². The van der Waals surface area contributed by atoms with Gasteiger partial charge < -0.3 is 19.7 Å². The van der Waals surface area contributed by atoms with E-state index in [4.69, 9.17) is 15.9 Å². The number of benzene rings is 3. The van der Waals surface area contributed by atoms with E-state index in [0.717, 1.165) is 42.6 Å². The molecule has 1 saturated heterocycles. The van der Waals surface area contributed by atoms with Gasteiger partial charge in [-0.25, -0.2) is 18.7 Å². The molecule has 38 heavy (non-hydrogen) atoms. The molecule has 1 aliphatic rings. The zero-order valence-electron chi connectivity index (χ0n) is 20.8. The normalized spacial score (nSPS) is 13.9. The van der Waals surface area contributed by atoms with Crippen molar-refractivity contribution < 1.29 is 18.3 Å². The van der Waals surface area contributed by atoms with E-state index >= 15 is 0 Å². The molecule has 0 atom stereocenters. The molecule has 6 nitrogen and oxygen atoms in total. The van der Waals surface area contributed by atoms with Crippen molar-refractivity contribution in [1.29, 1.82) is 0 Å². The minimum atomic E-state index is -0.672. The van der Waals surface area contributed by atoms with Gasteiger partial charge in [0.1, 0.15) is 48.0 Å². The molecule has 0 spiro atoms. The summed E-state index contributed by atoms with van der Waals surface area (Å²) in [7, 11) is 2.11. The lowest BCUT2D eigenvalue weighted by molar-refractivity contribution is 0.116. The predicted molar refractivity (Wildman–Crippen MR) is 146 cm³/mol. The fourth-order valence-electron chi connectivity index (χ4n) is 4.36. The fourth-order valence-corrected chi connectivity index (χ4v) is 4.36. The minimum absolute atomic E-state index is 0. The highest BCUT2D eigenvalue weighted by atomic mass is 35.5. The van der Waals surface area contributed by atoms with Crippen molar-refractivity contribution in [1.82, 2.24) is 14.9 Å². The van der Waals surface area contributed by atoms with Crippen molar-refractivity contribution in [3.05, 3.63) is 83.7 Å². The monoisotopic (exact) mass is 536 g/mol. The van der Waals surface area contributed by atoms with Gasteiger partial charge in [0.2, 0.25) is 0 Å². The van der Waals surface area contributed by atoms with Crippen LogP contribution in [0.25, 0.3) is 10.9 Å². The van der Waals surface area contributed by atoms with E-state index in [9.17, 15) is 8.78 Å². The van der Waals surface area contributed by atoms with Crippen molar-refractivity contribution in [3.63, 3.8) is 0 Å². The molecule has 0 aliphatic carbocycles. The molecular weight excluding hydrogens is 510 g/mol. The second kappa shape index (κ2) is 12.1. The summed E-state index contributed by atoms with van der Waals surface area (Å²) >= 11 is 0. The largest absolute Gasteiger partial charge is 0.489 e. The molecule has 3 aromatic carbocycles. The number of piperidine rings is 1. The van der Waals surface area contributed by atoms with Crippen LogP contribution in [-0.4, -0.2) is 41.1 Å². The number of anilines is 2. The highest BCUT2D eigenvalue weighted by Gasteiger charge is 2.20. The Morgan fingerprint density at radius 2 is 1.76 bits per heavy atom. The molecule has 1 N–H and O–H groups in total. The molecule has 0 radical (unpaired) electrons. The fraction of sp³-hybridized carbons (Fsp3) is 0.241. The number of halogens is 3. The first kappa shape index (κ1) is 27.1. The minimum Gasteiger partial charge on any atom is -0.489 e. The Bertz CT molecular complexity index is 1440. The van der Waals surface area contributed by atoms with Crippen LogP contribution >= 0.6 is 12.4 Å². The van der Waals surface area contributed by atoms with Gasteiger partial charge in [0.15, 0.2) is 0 Å². The lowest BCUT2D eigenvalue weighted by atomic mass is 10.1. The van der Waals surface area contributed by atoms with Gasteiger partial charge >= 0.3 is 0 Å². The summed E-state index contributed by atoms with van der Waals surface area (Å²) in [6.07, 6.45) is 9.23. The van der Waals surface area contributed by atoms with Gasteiger partial charge in [-0.1, -0.05) is 18.1 Å². The molecule has 1 fully saturated rings. The van der Waals surface area contributed by atoms with E-state index < -0.39 is 11.6 Å². The maximum Gasteiger partial charge on any atom is 0.145 e. The third-order valence-corrected chi connectivity index (χ3v) is 6.42. The van der Waals surface area contributed by atoms with E-state index in [1.807, 2.05) is 18.2 Å². The second-order valence-electron chi connectivity index (χ2n) is 8.96. The first-order chi connectivity index (χ1) is 18.0. The quantitative estimate of drug-likeness (QED) is 0.288. The summed E-state index contributed by atoms with van der Waals surface area (Å²) in [5, 5.41) is 4.09. The zero-order chi connectivity index (χ0) is 25.8. The smallest absolute Gasteiger partial charge is 0.145 e. The maximum absolute atomic E-state index is 14.0. The van der Waals surface area contributed by atoms with Gasteiger partial charge in [0.25, 0.3) is 0 Å². The zero-order valence-corrected chi connectivity index (χ0v) is 21.6. The van der Waals surface area contributed by atoms with Crippen LogP contribution in [0.3, 0.4) is 0 Å². The molecule has 1 aromatic heterocycles. The first-order valence-electron chi connectivity index (χ1n) is 12.0. The number of hydrogen-bond acceptors (Lipinski definition) is 6. The number of fused-ring (bicyclic) bond motifs is 1. The Labute approximate surface area is 226 Å². The molecule has 9 heteroatoms. The van der Waals surface area contributed by atoms with Crippen molar-refractivity contribution in [2.45, 2.75) is 25.6 Å². The Morgan fingerprint density at radius 3 is 2.50 bits per heavy atom. The summed E-state index contributed by atoms with van der Waals surface area (Å²) in [5.74, 6) is 2.88. The molecular formula is C29H27ClF2N4O2. The van der Waals surface area contributed by atoms with E-state index in [-0.39, 0.29) is 30.7 Å². The SMILES string of the molecule is C#Cc1cc(Nc2ncnc3cccc(OC4CCN(C)CC4)c23)ccc1OCc1c(F)cccc1F.Cl. The van der Waals surface area contributed by atoms with Crippen LogP contribution < -0.4 is 14.8 Å². The van der Waals surface area contributed by atoms with Gasteiger partial charge in [-0.3, -0.25) is 0 Å². The van der Waals surface area contributed by atoms with Gasteiger partial charge in [0.05, 0.1) is 22.0 Å². The van der Waals surface area contributed by atoms with Crippen molar-refractivity contribution >= 4 is 34.8 Å². The second-order valence-corrected chi connectivity index (χ2v) is 8.96. The van der Waals surface area contributed by atoms with Crippen LogP contribution in [0.15, 0.2) is 60.9 Å². The molecule has 2 heterocycles. The molecule has 5 rings (SSSR count). The summed E-state index contributed by atoms with van der Waals surface area (Å²) in [4.78, 5) is 11.2. The molecule has 0 saturated carbocycles. The first-order valence-corrected chi connectivity index (χ1v) is 12.0. The highest BCUT2D eigenvalue weighted by molar-refractivity contribution is 5.95. The molecule has 0 unspecified atom stereocenters.